The Morgan fingerprint density at radius 1 is 1.20 bits per heavy atom. The van der Waals surface area contributed by atoms with E-state index in [1.54, 1.807) is 0 Å². The van der Waals surface area contributed by atoms with E-state index >= 15 is 0 Å². The van der Waals surface area contributed by atoms with Crippen LogP contribution in [0.4, 0.5) is 13.6 Å². The summed E-state index contributed by atoms with van der Waals surface area (Å²) in [5.74, 6) is -1.62. The third-order valence-electron chi connectivity index (χ3n) is 2.52. The molecule has 0 atom stereocenters. The lowest BCUT2D eigenvalue weighted by Gasteiger charge is -2.05. The number of nitrogens with one attached hydrogen (secondary N) is 2. The third kappa shape index (κ3) is 8.84. The van der Waals surface area contributed by atoms with Crippen molar-refractivity contribution >= 4 is 24.0 Å². The van der Waals surface area contributed by atoms with Crippen LogP contribution in [0.3, 0.4) is 0 Å². The van der Waals surface area contributed by atoms with Gasteiger partial charge in [-0.1, -0.05) is 18.2 Å². The van der Waals surface area contributed by atoms with Crippen LogP contribution in [0.15, 0.2) is 43.0 Å². The van der Waals surface area contributed by atoms with Crippen molar-refractivity contribution in [2.45, 2.75) is 6.61 Å². The van der Waals surface area contributed by atoms with E-state index in [0.717, 1.165) is 6.08 Å². The Kier molecular flexibility index (Phi) is 8.34. The van der Waals surface area contributed by atoms with Gasteiger partial charge in [-0.2, -0.15) is 8.78 Å². The van der Waals surface area contributed by atoms with Crippen molar-refractivity contribution in [3.8, 4) is 5.75 Å². The molecule has 0 spiro atoms. The van der Waals surface area contributed by atoms with Gasteiger partial charge in [-0.15, -0.1) is 6.58 Å². The smallest absolute Gasteiger partial charge is 0.387 e. The summed E-state index contributed by atoms with van der Waals surface area (Å²) >= 11 is 0. The molecule has 0 aliphatic rings. The van der Waals surface area contributed by atoms with Crippen LogP contribution in [0.1, 0.15) is 5.56 Å². The molecular formula is C16H16F2N2O5. The topological polar surface area (TPSA) is 93.7 Å². The molecule has 0 saturated heterocycles. The van der Waals surface area contributed by atoms with E-state index in [4.69, 9.17) is 0 Å². The monoisotopic (exact) mass is 354 g/mol. The van der Waals surface area contributed by atoms with Crippen molar-refractivity contribution in [1.29, 1.82) is 0 Å². The van der Waals surface area contributed by atoms with E-state index in [9.17, 15) is 23.2 Å². The number of alkyl halides is 2. The molecule has 0 unspecified atom stereocenters. The summed E-state index contributed by atoms with van der Waals surface area (Å²) in [5.41, 5.74) is 0.534. The molecule has 7 nitrogen and oxygen atoms in total. The Balaban J connectivity index is 2.38. The molecule has 0 saturated carbocycles. The molecule has 1 aromatic carbocycles. The number of halogens is 2. The Morgan fingerprint density at radius 2 is 1.88 bits per heavy atom. The van der Waals surface area contributed by atoms with Gasteiger partial charge in [0.25, 0.3) is 5.91 Å². The Labute approximate surface area is 142 Å². The molecule has 1 rings (SSSR count). The number of carbonyl (C=O) groups excluding carboxylic acids is 3. The summed E-state index contributed by atoms with van der Waals surface area (Å²) in [6, 6.07) is 4.80. The van der Waals surface area contributed by atoms with Crippen molar-refractivity contribution < 1.29 is 32.6 Å². The van der Waals surface area contributed by atoms with E-state index < -0.39 is 31.1 Å². The van der Waals surface area contributed by atoms with Gasteiger partial charge in [-0.05, 0) is 23.8 Å². The first-order valence-electron chi connectivity index (χ1n) is 6.99. The minimum Gasteiger partial charge on any atom is -0.452 e. The van der Waals surface area contributed by atoms with E-state index in [0.29, 0.717) is 5.56 Å². The minimum atomic E-state index is -2.92. The van der Waals surface area contributed by atoms with Crippen molar-refractivity contribution in [3.05, 3.63) is 48.6 Å². The van der Waals surface area contributed by atoms with Gasteiger partial charge in [-0.25, -0.2) is 9.59 Å². The van der Waals surface area contributed by atoms with Crippen molar-refractivity contribution in [2.75, 3.05) is 13.2 Å². The van der Waals surface area contributed by atoms with Crippen LogP contribution in [0.5, 0.6) is 5.75 Å². The second-order valence-electron chi connectivity index (χ2n) is 4.44. The number of imide groups is 1. The van der Waals surface area contributed by atoms with E-state index in [-0.39, 0.29) is 12.3 Å². The zero-order valence-electron chi connectivity index (χ0n) is 13.0. The van der Waals surface area contributed by atoms with Gasteiger partial charge >= 0.3 is 18.6 Å². The van der Waals surface area contributed by atoms with Crippen LogP contribution in [0.25, 0.3) is 6.08 Å². The quantitative estimate of drug-likeness (QED) is 0.422. The fraction of sp³-hybridized carbons (Fsp3) is 0.188. The van der Waals surface area contributed by atoms with Gasteiger partial charge in [0.05, 0.1) is 0 Å². The summed E-state index contributed by atoms with van der Waals surface area (Å²) in [6.45, 7) is 0.0242. The summed E-state index contributed by atoms with van der Waals surface area (Å²) in [4.78, 5) is 34.0. The maximum atomic E-state index is 12.0. The first kappa shape index (κ1) is 19.8. The van der Waals surface area contributed by atoms with Crippen molar-refractivity contribution in [1.82, 2.24) is 10.6 Å². The lowest BCUT2D eigenvalue weighted by atomic mass is 10.2. The van der Waals surface area contributed by atoms with E-state index in [2.05, 4.69) is 21.4 Å². The predicted octanol–water partition coefficient (Wildman–Crippen LogP) is 1.86. The fourth-order valence-electron chi connectivity index (χ4n) is 1.48. The average Bonchev–Trinajstić information content (AvgIpc) is 2.57. The zero-order valence-corrected chi connectivity index (χ0v) is 13.0. The Hall–Kier alpha value is -3.23. The van der Waals surface area contributed by atoms with Crippen LogP contribution in [0.2, 0.25) is 0 Å². The molecular weight excluding hydrogens is 338 g/mol. The number of amides is 3. The number of hydrogen-bond donors (Lipinski definition) is 2. The van der Waals surface area contributed by atoms with Gasteiger partial charge in [-0.3, -0.25) is 10.1 Å². The molecule has 134 valence electrons. The second kappa shape index (κ2) is 10.5. The molecule has 3 amide bonds. The normalized spacial score (nSPS) is 10.4. The summed E-state index contributed by atoms with van der Waals surface area (Å²) in [5, 5.41) is 4.27. The molecule has 0 aromatic heterocycles. The number of esters is 1. The van der Waals surface area contributed by atoms with E-state index in [1.807, 2.05) is 5.32 Å². The summed E-state index contributed by atoms with van der Waals surface area (Å²) in [7, 11) is 0. The predicted molar refractivity (Wildman–Crippen MR) is 84.8 cm³/mol. The first-order valence-corrected chi connectivity index (χ1v) is 6.99. The van der Waals surface area contributed by atoms with Gasteiger partial charge in [0.15, 0.2) is 6.61 Å². The lowest BCUT2D eigenvalue weighted by molar-refractivity contribution is -0.143. The zero-order chi connectivity index (χ0) is 18.7. The maximum Gasteiger partial charge on any atom is 0.387 e. The largest absolute Gasteiger partial charge is 0.452 e. The Morgan fingerprint density at radius 3 is 2.48 bits per heavy atom. The van der Waals surface area contributed by atoms with Crippen molar-refractivity contribution in [3.63, 3.8) is 0 Å². The lowest BCUT2D eigenvalue weighted by Crippen LogP contribution is -2.41. The molecule has 0 radical (unpaired) electrons. The van der Waals surface area contributed by atoms with Crippen LogP contribution < -0.4 is 15.4 Å². The van der Waals surface area contributed by atoms with Crippen LogP contribution in [0, 0.1) is 0 Å². The molecule has 2 N–H and O–H groups in total. The van der Waals surface area contributed by atoms with Gasteiger partial charge in [0.2, 0.25) is 0 Å². The molecule has 25 heavy (non-hydrogen) atoms. The first-order chi connectivity index (χ1) is 11.9. The molecule has 1 aromatic rings. The third-order valence-corrected chi connectivity index (χ3v) is 2.52. The molecule has 0 heterocycles. The molecule has 0 fully saturated rings. The number of rotatable bonds is 8. The number of urea groups is 1. The van der Waals surface area contributed by atoms with Crippen LogP contribution in [-0.4, -0.2) is 37.7 Å². The molecule has 9 heteroatoms. The average molecular weight is 354 g/mol. The van der Waals surface area contributed by atoms with Crippen LogP contribution in [-0.2, 0) is 14.3 Å². The summed E-state index contributed by atoms with van der Waals surface area (Å²) < 4.78 is 32.8. The highest BCUT2D eigenvalue weighted by molar-refractivity contribution is 5.96. The standard InChI is InChI=1S/C16H16F2N2O5/c1-2-9-19-16(23)20-13(21)10-24-14(22)8-5-11-3-6-12(7-4-11)25-15(17)18/h2-8,15H,1,9-10H2,(H2,19,20,21,23). The minimum absolute atomic E-state index is 0.0128. The highest BCUT2D eigenvalue weighted by Gasteiger charge is 2.08. The Bertz CT molecular complexity index is 644. The van der Waals surface area contributed by atoms with E-state index in [1.165, 1.54) is 36.4 Å². The SMILES string of the molecule is C=CCNC(=O)NC(=O)COC(=O)C=Cc1ccc(OC(F)F)cc1. The molecule has 0 bridgehead atoms. The van der Waals surface area contributed by atoms with Crippen molar-refractivity contribution in [2.24, 2.45) is 0 Å². The van der Waals surface area contributed by atoms with Crippen LogP contribution >= 0.6 is 0 Å². The summed E-state index contributed by atoms with van der Waals surface area (Å²) in [6.07, 6.45) is 3.85. The number of hydrogen-bond acceptors (Lipinski definition) is 5. The van der Waals surface area contributed by atoms with Gasteiger partial charge in [0.1, 0.15) is 5.75 Å². The highest BCUT2D eigenvalue weighted by atomic mass is 19.3. The van der Waals surface area contributed by atoms with Gasteiger partial charge in [0, 0.05) is 12.6 Å². The van der Waals surface area contributed by atoms with Gasteiger partial charge < -0.3 is 14.8 Å². The fourth-order valence-corrected chi connectivity index (χ4v) is 1.48. The number of ether oxygens (including phenoxy) is 2. The maximum absolute atomic E-state index is 12.0. The number of carbonyl (C=O) groups is 3. The highest BCUT2D eigenvalue weighted by Crippen LogP contribution is 2.15. The number of benzene rings is 1. The molecule has 0 aliphatic carbocycles. The second-order valence-corrected chi connectivity index (χ2v) is 4.44. The molecule has 0 aliphatic heterocycles.